The second-order valence-electron chi connectivity index (χ2n) is 5.46. The molecule has 0 aromatic heterocycles. The van der Waals surface area contributed by atoms with Gasteiger partial charge in [-0.2, -0.15) is 0 Å². The van der Waals surface area contributed by atoms with E-state index in [1.807, 2.05) is 30.3 Å². The Kier molecular flexibility index (Phi) is 5.29. The molecule has 0 aliphatic heterocycles. The topological polar surface area (TPSA) is 72.8 Å². The Morgan fingerprint density at radius 3 is 2.08 bits per heavy atom. The number of carbonyl (C=O) groups is 2. The zero-order valence-corrected chi connectivity index (χ0v) is 13.8. The Balaban J connectivity index is 1.74. The molecule has 0 unspecified atom stereocenters. The number of rotatable bonds is 5. The van der Waals surface area contributed by atoms with Crippen molar-refractivity contribution in [2.75, 3.05) is 0 Å². The van der Waals surface area contributed by atoms with Crippen molar-refractivity contribution in [3.05, 3.63) is 95.6 Å². The van der Waals surface area contributed by atoms with E-state index in [2.05, 4.69) is 0 Å². The first-order valence-corrected chi connectivity index (χ1v) is 7.95. The monoisotopic (exact) mass is 348 g/mol. The third-order valence-corrected chi connectivity index (χ3v) is 3.65. The number of hydrogen-bond acceptors (Lipinski definition) is 5. The Hall–Kier alpha value is -3.60. The number of para-hydroxylation sites is 2. The average Bonchev–Trinajstić information content (AvgIpc) is 2.67. The summed E-state index contributed by atoms with van der Waals surface area (Å²) in [5.41, 5.74) is 0.997. The van der Waals surface area contributed by atoms with Gasteiger partial charge in [-0.15, -0.1) is 0 Å². The highest BCUT2D eigenvalue weighted by atomic mass is 16.5. The predicted octanol–water partition coefficient (Wildman–Crippen LogP) is 3.97. The number of esters is 2. The van der Waals surface area contributed by atoms with Crippen LogP contribution in [0.4, 0.5) is 0 Å². The van der Waals surface area contributed by atoms with E-state index in [1.165, 1.54) is 24.3 Å². The number of ether oxygens (including phenoxy) is 2. The van der Waals surface area contributed by atoms with Gasteiger partial charge in [-0.25, -0.2) is 9.59 Å². The van der Waals surface area contributed by atoms with E-state index in [9.17, 15) is 14.7 Å². The van der Waals surface area contributed by atoms with Crippen LogP contribution in [0.1, 0.15) is 26.3 Å². The van der Waals surface area contributed by atoms with E-state index in [1.54, 1.807) is 24.3 Å². The van der Waals surface area contributed by atoms with Crippen LogP contribution in [0.2, 0.25) is 0 Å². The van der Waals surface area contributed by atoms with Crippen molar-refractivity contribution in [2.45, 2.75) is 6.61 Å². The molecule has 0 fully saturated rings. The quantitative estimate of drug-likeness (QED) is 0.558. The zero-order valence-electron chi connectivity index (χ0n) is 13.8. The first kappa shape index (κ1) is 17.2. The van der Waals surface area contributed by atoms with Gasteiger partial charge in [0.2, 0.25) is 0 Å². The molecule has 0 aliphatic carbocycles. The molecule has 0 radical (unpaired) electrons. The molecule has 0 bridgehead atoms. The smallest absolute Gasteiger partial charge is 0.347 e. The third-order valence-electron chi connectivity index (χ3n) is 3.65. The highest BCUT2D eigenvalue weighted by molar-refractivity contribution is 5.97. The van der Waals surface area contributed by atoms with E-state index in [0.717, 1.165) is 5.56 Å². The largest absolute Gasteiger partial charge is 0.507 e. The van der Waals surface area contributed by atoms with Gasteiger partial charge in [0.25, 0.3) is 0 Å². The molecular formula is C21H16O5. The summed E-state index contributed by atoms with van der Waals surface area (Å²) >= 11 is 0. The highest BCUT2D eigenvalue weighted by Gasteiger charge is 2.19. The molecule has 0 atom stereocenters. The maximum Gasteiger partial charge on any atom is 0.347 e. The van der Waals surface area contributed by atoms with Gasteiger partial charge in [-0.3, -0.25) is 0 Å². The van der Waals surface area contributed by atoms with Crippen molar-refractivity contribution in [3.8, 4) is 11.5 Å². The Morgan fingerprint density at radius 2 is 1.35 bits per heavy atom. The molecule has 0 saturated carbocycles. The zero-order chi connectivity index (χ0) is 18.4. The van der Waals surface area contributed by atoms with Gasteiger partial charge in [0, 0.05) is 0 Å². The van der Waals surface area contributed by atoms with Crippen LogP contribution in [0.3, 0.4) is 0 Å². The second-order valence-corrected chi connectivity index (χ2v) is 5.46. The molecule has 0 heterocycles. The Labute approximate surface area is 150 Å². The fraction of sp³-hybridized carbons (Fsp3) is 0.0476. The highest BCUT2D eigenvalue weighted by Crippen LogP contribution is 2.23. The second kappa shape index (κ2) is 7.98. The third kappa shape index (κ3) is 4.08. The SMILES string of the molecule is O=C(Oc1ccccc1C(=O)OCc1ccccc1)c1ccccc1O. The molecule has 0 saturated heterocycles. The lowest BCUT2D eigenvalue weighted by Gasteiger charge is -2.10. The summed E-state index contributed by atoms with van der Waals surface area (Å²) in [6.07, 6.45) is 0. The summed E-state index contributed by atoms with van der Waals surface area (Å²) < 4.78 is 10.6. The summed E-state index contributed by atoms with van der Waals surface area (Å²) in [6, 6.07) is 21.6. The molecule has 26 heavy (non-hydrogen) atoms. The normalized spacial score (nSPS) is 10.2. The Bertz CT molecular complexity index is 918. The molecule has 5 heteroatoms. The molecule has 3 rings (SSSR count). The van der Waals surface area contributed by atoms with Gasteiger partial charge < -0.3 is 14.6 Å². The van der Waals surface area contributed by atoms with Crippen molar-refractivity contribution >= 4 is 11.9 Å². The van der Waals surface area contributed by atoms with Crippen LogP contribution < -0.4 is 4.74 Å². The lowest BCUT2D eigenvalue weighted by atomic mass is 10.2. The summed E-state index contributed by atoms with van der Waals surface area (Å²) in [4.78, 5) is 24.6. The molecule has 3 aromatic rings. The summed E-state index contributed by atoms with van der Waals surface area (Å²) in [5, 5.41) is 9.76. The molecule has 0 spiro atoms. The van der Waals surface area contributed by atoms with Gasteiger partial charge in [0.1, 0.15) is 29.2 Å². The Morgan fingerprint density at radius 1 is 0.731 bits per heavy atom. The van der Waals surface area contributed by atoms with Crippen molar-refractivity contribution in [1.82, 2.24) is 0 Å². The maximum absolute atomic E-state index is 12.4. The van der Waals surface area contributed by atoms with E-state index >= 15 is 0 Å². The van der Waals surface area contributed by atoms with E-state index in [0.29, 0.717) is 0 Å². The lowest BCUT2D eigenvalue weighted by Crippen LogP contribution is -2.13. The molecule has 0 amide bonds. The van der Waals surface area contributed by atoms with Crippen LogP contribution in [0.25, 0.3) is 0 Å². The standard InChI is InChI=1S/C21H16O5/c22-18-12-6-4-10-16(18)21(24)26-19-13-7-5-11-17(19)20(23)25-14-15-8-2-1-3-9-15/h1-13,22H,14H2. The number of carbonyl (C=O) groups excluding carboxylic acids is 2. The molecule has 1 N–H and O–H groups in total. The number of hydrogen-bond donors (Lipinski definition) is 1. The maximum atomic E-state index is 12.4. The van der Waals surface area contributed by atoms with Gasteiger partial charge in [0.15, 0.2) is 0 Å². The first-order valence-electron chi connectivity index (χ1n) is 7.95. The summed E-state index contributed by atoms with van der Waals surface area (Å²) in [5.74, 6) is -1.48. The van der Waals surface area contributed by atoms with Crippen molar-refractivity contribution in [2.24, 2.45) is 0 Å². The lowest BCUT2D eigenvalue weighted by molar-refractivity contribution is 0.0467. The van der Waals surface area contributed by atoms with Gasteiger partial charge in [-0.05, 0) is 29.8 Å². The number of phenols is 1. The van der Waals surface area contributed by atoms with Crippen molar-refractivity contribution in [1.29, 1.82) is 0 Å². The minimum Gasteiger partial charge on any atom is -0.507 e. The number of phenolic OH excluding ortho intramolecular Hbond substituents is 1. The van der Waals surface area contributed by atoms with Crippen LogP contribution in [-0.4, -0.2) is 17.0 Å². The summed E-state index contributed by atoms with van der Waals surface area (Å²) in [6.45, 7) is 0.113. The average molecular weight is 348 g/mol. The minimum absolute atomic E-state index is 0.0138. The molecular weight excluding hydrogens is 332 g/mol. The predicted molar refractivity (Wildman–Crippen MR) is 95.1 cm³/mol. The van der Waals surface area contributed by atoms with Crippen molar-refractivity contribution in [3.63, 3.8) is 0 Å². The number of aromatic hydroxyl groups is 1. The molecule has 130 valence electrons. The van der Waals surface area contributed by atoms with Gasteiger partial charge in [-0.1, -0.05) is 54.6 Å². The van der Waals surface area contributed by atoms with Gasteiger partial charge in [0.05, 0.1) is 0 Å². The van der Waals surface area contributed by atoms with E-state index in [4.69, 9.17) is 9.47 Å². The van der Waals surface area contributed by atoms with Crippen LogP contribution >= 0.6 is 0 Å². The van der Waals surface area contributed by atoms with Gasteiger partial charge >= 0.3 is 11.9 Å². The van der Waals surface area contributed by atoms with Crippen molar-refractivity contribution < 1.29 is 24.2 Å². The molecule has 3 aromatic carbocycles. The van der Waals surface area contributed by atoms with E-state index < -0.39 is 11.9 Å². The van der Waals surface area contributed by atoms with E-state index in [-0.39, 0.29) is 29.2 Å². The summed E-state index contributed by atoms with van der Waals surface area (Å²) in [7, 11) is 0. The van der Waals surface area contributed by atoms with Crippen LogP contribution in [-0.2, 0) is 11.3 Å². The van der Waals surface area contributed by atoms with Crippen LogP contribution in [0, 0.1) is 0 Å². The molecule has 5 nitrogen and oxygen atoms in total. The number of benzene rings is 3. The first-order chi connectivity index (χ1) is 12.6. The minimum atomic E-state index is -0.758. The molecule has 0 aliphatic rings. The fourth-order valence-electron chi connectivity index (χ4n) is 2.33. The van der Waals surface area contributed by atoms with Crippen LogP contribution in [0.5, 0.6) is 11.5 Å². The van der Waals surface area contributed by atoms with Crippen LogP contribution in [0.15, 0.2) is 78.9 Å². The fourth-order valence-corrected chi connectivity index (χ4v) is 2.33.